The third-order valence-corrected chi connectivity index (χ3v) is 3.10. The summed E-state index contributed by atoms with van der Waals surface area (Å²) in [6.07, 6.45) is 0. The molecule has 1 rings (SSSR count). The van der Waals surface area contributed by atoms with Crippen LogP contribution in [0.15, 0.2) is 29.2 Å². The Morgan fingerprint density at radius 2 is 2.19 bits per heavy atom. The van der Waals surface area contributed by atoms with Crippen molar-refractivity contribution < 1.29 is 4.74 Å². The van der Waals surface area contributed by atoms with E-state index in [2.05, 4.69) is 6.07 Å². The Kier molecular flexibility index (Phi) is 5.24. The van der Waals surface area contributed by atoms with Gasteiger partial charge in [0.1, 0.15) is 11.0 Å². The molecule has 0 aliphatic rings. The van der Waals surface area contributed by atoms with Gasteiger partial charge in [0.05, 0.1) is 12.1 Å². The van der Waals surface area contributed by atoms with E-state index in [1.807, 2.05) is 25.1 Å². The number of benzene rings is 1. The lowest BCUT2D eigenvalue weighted by molar-refractivity contribution is 0.369. The Bertz CT molecular complexity index is 437. The van der Waals surface area contributed by atoms with Gasteiger partial charge in [-0.1, -0.05) is 30.7 Å². The summed E-state index contributed by atoms with van der Waals surface area (Å²) >= 11 is 7.51. The Balaban J connectivity index is 3.26. The van der Waals surface area contributed by atoms with Gasteiger partial charge in [0.15, 0.2) is 5.76 Å². The number of nitriles is 1. The molecule has 0 aromatic heterocycles. The summed E-state index contributed by atoms with van der Waals surface area (Å²) < 4.78 is 5.27. The number of halogens is 1. The van der Waals surface area contributed by atoms with Crippen LogP contribution in [0.1, 0.15) is 12.5 Å². The normalized spacial score (nSPS) is 11.6. The fraction of sp³-hybridized carbons (Fsp3) is 0.250. The molecule has 0 heterocycles. The topological polar surface area (TPSA) is 33.0 Å². The Labute approximate surface area is 105 Å². The maximum atomic E-state index is 9.06. The van der Waals surface area contributed by atoms with Crippen molar-refractivity contribution in [2.24, 2.45) is 0 Å². The summed E-state index contributed by atoms with van der Waals surface area (Å²) in [5, 5.41) is 9.65. The maximum Gasteiger partial charge on any atom is 0.151 e. The number of nitrogens with zero attached hydrogens (tertiary/aromatic N) is 1. The van der Waals surface area contributed by atoms with Crippen LogP contribution in [0.3, 0.4) is 0 Å². The van der Waals surface area contributed by atoms with Gasteiger partial charge < -0.3 is 4.74 Å². The molecule has 2 nitrogen and oxygen atoms in total. The zero-order valence-electron chi connectivity index (χ0n) is 9.16. The summed E-state index contributed by atoms with van der Waals surface area (Å²) in [4.78, 5) is 0.554. The molecule has 0 aliphatic carbocycles. The molecule has 0 atom stereocenters. The summed E-state index contributed by atoms with van der Waals surface area (Å²) in [5.41, 5.74) is 0.754. The molecule has 0 saturated carbocycles. The first-order chi connectivity index (χ1) is 7.74. The minimum atomic E-state index is 0.542. The van der Waals surface area contributed by atoms with Crippen LogP contribution in [0.4, 0.5) is 0 Å². The van der Waals surface area contributed by atoms with Crippen molar-refractivity contribution in [3.63, 3.8) is 0 Å². The van der Waals surface area contributed by atoms with Crippen molar-refractivity contribution in [1.82, 2.24) is 0 Å². The molecule has 16 heavy (non-hydrogen) atoms. The maximum absolute atomic E-state index is 9.06. The highest BCUT2D eigenvalue weighted by Crippen LogP contribution is 2.31. The molecule has 0 spiro atoms. The smallest absolute Gasteiger partial charge is 0.151 e. The lowest BCUT2D eigenvalue weighted by Crippen LogP contribution is -1.92. The third-order valence-electron chi connectivity index (χ3n) is 1.92. The second kappa shape index (κ2) is 6.47. The van der Waals surface area contributed by atoms with Gasteiger partial charge in [-0.05, 0) is 17.9 Å². The van der Waals surface area contributed by atoms with E-state index in [1.165, 1.54) is 11.8 Å². The Hall–Kier alpha value is -1.11. The van der Waals surface area contributed by atoms with E-state index in [0.29, 0.717) is 15.7 Å². The minimum absolute atomic E-state index is 0.542. The molecule has 0 saturated heterocycles. The molecule has 0 fully saturated rings. The summed E-state index contributed by atoms with van der Waals surface area (Å²) in [7, 11) is 1.55. The summed E-state index contributed by atoms with van der Waals surface area (Å²) in [6.45, 7) is 1.99. The predicted octanol–water partition coefficient (Wildman–Crippen LogP) is 3.93. The molecule has 0 bridgehead atoms. The molecule has 0 aliphatic heterocycles. The largest absolute Gasteiger partial charge is 0.494 e. The van der Waals surface area contributed by atoms with E-state index in [9.17, 15) is 0 Å². The van der Waals surface area contributed by atoms with Crippen LogP contribution in [0.2, 0.25) is 5.02 Å². The van der Waals surface area contributed by atoms with E-state index in [1.54, 1.807) is 13.2 Å². The fourth-order valence-electron chi connectivity index (χ4n) is 1.26. The number of thioether (sulfide) groups is 1. The molecular weight excluding hydrogens is 242 g/mol. The van der Waals surface area contributed by atoms with E-state index < -0.39 is 0 Å². The highest BCUT2D eigenvalue weighted by Gasteiger charge is 2.12. The van der Waals surface area contributed by atoms with Gasteiger partial charge in [-0.2, -0.15) is 5.26 Å². The quantitative estimate of drug-likeness (QED) is 0.602. The van der Waals surface area contributed by atoms with Crippen molar-refractivity contribution in [3.05, 3.63) is 39.8 Å². The van der Waals surface area contributed by atoms with Gasteiger partial charge in [0.25, 0.3) is 0 Å². The predicted molar refractivity (Wildman–Crippen MR) is 69.1 cm³/mol. The van der Waals surface area contributed by atoms with Crippen molar-refractivity contribution in [2.45, 2.75) is 6.92 Å². The molecule has 0 N–H and O–H groups in total. The Morgan fingerprint density at radius 1 is 1.50 bits per heavy atom. The molecule has 1 aromatic rings. The first kappa shape index (κ1) is 13.0. The van der Waals surface area contributed by atoms with Gasteiger partial charge in [0.2, 0.25) is 0 Å². The van der Waals surface area contributed by atoms with E-state index in [0.717, 1.165) is 11.3 Å². The van der Waals surface area contributed by atoms with Gasteiger partial charge in [-0.25, -0.2) is 0 Å². The fourth-order valence-corrected chi connectivity index (χ4v) is 2.16. The van der Waals surface area contributed by atoms with Crippen LogP contribution in [0.5, 0.6) is 0 Å². The van der Waals surface area contributed by atoms with Crippen molar-refractivity contribution in [3.8, 4) is 6.07 Å². The van der Waals surface area contributed by atoms with Gasteiger partial charge >= 0.3 is 0 Å². The first-order valence-corrected chi connectivity index (χ1v) is 6.17. The lowest BCUT2D eigenvalue weighted by Gasteiger charge is -2.10. The third kappa shape index (κ3) is 2.94. The second-order valence-corrected chi connectivity index (χ2v) is 4.57. The highest BCUT2D eigenvalue weighted by molar-refractivity contribution is 8.03. The number of rotatable bonds is 4. The first-order valence-electron chi connectivity index (χ1n) is 4.80. The van der Waals surface area contributed by atoms with Crippen LogP contribution in [-0.2, 0) is 4.74 Å². The second-order valence-electron chi connectivity index (χ2n) is 2.89. The van der Waals surface area contributed by atoms with Gasteiger partial charge in [-0.15, -0.1) is 11.8 Å². The van der Waals surface area contributed by atoms with Crippen LogP contribution >= 0.6 is 23.4 Å². The molecule has 4 heteroatoms. The minimum Gasteiger partial charge on any atom is -0.494 e. The molecule has 84 valence electrons. The molecule has 0 radical (unpaired) electrons. The summed E-state index contributed by atoms with van der Waals surface area (Å²) in [6, 6.07) is 9.47. The monoisotopic (exact) mass is 253 g/mol. The van der Waals surface area contributed by atoms with Crippen molar-refractivity contribution >= 4 is 29.1 Å². The lowest BCUT2D eigenvalue weighted by atomic mass is 10.2. The molecule has 1 aromatic carbocycles. The van der Waals surface area contributed by atoms with Crippen LogP contribution < -0.4 is 0 Å². The number of hydrogen-bond donors (Lipinski definition) is 0. The average Bonchev–Trinajstić information content (AvgIpc) is 2.31. The van der Waals surface area contributed by atoms with Crippen LogP contribution in [0.25, 0.3) is 5.76 Å². The number of ether oxygens (including phenoxy) is 1. The number of allylic oxidation sites excluding steroid dienone is 1. The average molecular weight is 254 g/mol. The molecule has 0 amide bonds. The number of hydrogen-bond acceptors (Lipinski definition) is 3. The van der Waals surface area contributed by atoms with E-state index in [-0.39, 0.29) is 0 Å². The van der Waals surface area contributed by atoms with Crippen LogP contribution in [0, 0.1) is 11.3 Å². The van der Waals surface area contributed by atoms with Crippen molar-refractivity contribution in [1.29, 1.82) is 5.26 Å². The molecule has 0 unspecified atom stereocenters. The molecular formula is C12H12ClNOS. The van der Waals surface area contributed by atoms with Gasteiger partial charge in [-0.3, -0.25) is 0 Å². The standard InChI is InChI=1S/C12H12ClNOS/c1-3-16-11(8-14)12(15-2)9-6-4-5-7-10(9)13/h4-7H,3H2,1-2H3/b12-11+. The van der Waals surface area contributed by atoms with E-state index in [4.69, 9.17) is 21.6 Å². The highest BCUT2D eigenvalue weighted by atomic mass is 35.5. The SMILES string of the molecule is CCS/C(C#N)=C(/OC)c1ccccc1Cl. The summed E-state index contributed by atoms with van der Waals surface area (Å²) in [5.74, 6) is 1.36. The van der Waals surface area contributed by atoms with Crippen LogP contribution in [-0.4, -0.2) is 12.9 Å². The zero-order valence-corrected chi connectivity index (χ0v) is 10.7. The Morgan fingerprint density at radius 3 is 2.69 bits per heavy atom. The zero-order chi connectivity index (χ0) is 12.0. The van der Waals surface area contributed by atoms with E-state index >= 15 is 0 Å². The van der Waals surface area contributed by atoms with Crippen molar-refractivity contribution in [2.75, 3.05) is 12.9 Å². The number of methoxy groups -OCH3 is 1. The van der Waals surface area contributed by atoms with Gasteiger partial charge in [0, 0.05) is 5.56 Å².